The second-order valence-corrected chi connectivity index (χ2v) is 4.72. The number of nitrogens with zero attached hydrogens (tertiary/aromatic N) is 1. The summed E-state index contributed by atoms with van der Waals surface area (Å²) < 4.78 is -0.829. The Bertz CT molecular complexity index is 165. The fraction of sp³-hybridized carbons (Fsp3) is 0.800. The van der Waals surface area contributed by atoms with Gasteiger partial charge in [-0.25, -0.2) is 0 Å². The zero-order valence-electron chi connectivity index (χ0n) is 4.95. The number of hydrogen-bond acceptors (Lipinski definition) is 1. The van der Waals surface area contributed by atoms with Gasteiger partial charge in [0.05, 0.1) is 11.9 Å². The Balaban J connectivity index is 2.69. The van der Waals surface area contributed by atoms with Gasteiger partial charge in [0.2, 0.25) is 0 Å². The maximum absolute atomic E-state index is 5.75. The number of halogens is 4. The highest BCUT2D eigenvalue weighted by Gasteiger charge is 2.33. The van der Waals surface area contributed by atoms with Crippen molar-refractivity contribution in [2.75, 3.05) is 6.54 Å². The monoisotopic (exact) mass is 219 g/mol. The molecule has 0 fully saturated rings. The van der Waals surface area contributed by atoms with Crippen molar-refractivity contribution in [1.82, 2.24) is 0 Å². The number of rotatable bonds is 0. The van der Waals surface area contributed by atoms with Gasteiger partial charge in [0, 0.05) is 6.42 Å². The molecular formula is C5H5Cl4N. The van der Waals surface area contributed by atoms with E-state index in [1.165, 1.54) is 0 Å². The lowest BCUT2D eigenvalue weighted by Crippen LogP contribution is -2.30. The van der Waals surface area contributed by atoms with Gasteiger partial charge in [-0.05, 0) is 0 Å². The lowest BCUT2D eigenvalue weighted by molar-refractivity contribution is 0.700. The molecule has 0 aromatic carbocycles. The van der Waals surface area contributed by atoms with E-state index >= 15 is 0 Å². The molecule has 1 aliphatic heterocycles. The summed E-state index contributed by atoms with van der Waals surface area (Å²) in [4.78, 5) is 3.85. The molecule has 10 heavy (non-hydrogen) atoms. The molecule has 1 aliphatic rings. The largest absolute Gasteiger partial charge is 0.273 e. The van der Waals surface area contributed by atoms with Gasteiger partial charge in [-0.3, -0.25) is 4.99 Å². The normalized spacial score (nSPS) is 31.6. The first kappa shape index (κ1) is 8.92. The molecular weight excluding hydrogens is 216 g/mol. The highest BCUT2D eigenvalue weighted by atomic mass is 35.5. The lowest BCUT2D eigenvalue weighted by atomic mass is 10.2. The minimum absolute atomic E-state index is 0.328. The third-order valence-electron chi connectivity index (χ3n) is 1.20. The van der Waals surface area contributed by atoms with Crippen LogP contribution in [0.3, 0.4) is 0 Å². The standard InChI is InChI=1S/C5H5Cl4N/c6-3-1-5(8,9)2-10-4(3)7/h3H,1-2H2. The Morgan fingerprint density at radius 1 is 1.50 bits per heavy atom. The van der Waals surface area contributed by atoms with Crippen molar-refractivity contribution in [1.29, 1.82) is 0 Å². The van der Waals surface area contributed by atoms with Crippen molar-refractivity contribution < 1.29 is 0 Å². The second kappa shape index (κ2) is 3.06. The van der Waals surface area contributed by atoms with Crippen molar-refractivity contribution in [2.45, 2.75) is 16.1 Å². The van der Waals surface area contributed by atoms with Gasteiger partial charge in [-0.2, -0.15) is 0 Å². The van der Waals surface area contributed by atoms with Gasteiger partial charge in [0.1, 0.15) is 9.50 Å². The van der Waals surface area contributed by atoms with Crippen LogP contribution in [0, 0.1) is 0 Å². The van der Waals surface area contributed by atoms with Gasteiger partial charge >= 0.3 is 0 Å². The molecule has 0 aromatic rings. The number of aliphatic imine (C=N–C) groups is 1. The van der Waals surface area contributed by atoms with E-state index in [-0.39, 0.29) is 5.38 Å². The van der Waals surface area contributed by atoms with E-state index in [0.717, 1.165) is 0 Å². The first-order valence-electron chi connectivity index (χ1n) is 2.73. The molecule has 0 bridgehead atoms. The van der Waals surface area contributed by atoms with Gasteiger partial charge < -0.3 is 0 Å². The molecule has 0 N–H and O–H groups in total. The maximum atomic E-state index is 5.75. The highest BCUT2D eigenvalue weighted by molar-refractivity contribution is 6.71. The predicted octanol–water partition coefficient (Wildman–Crippen LogP) is 2.81. The Morgan fingerprint density at radius 3 is 2.50 bits per heavy atom. The molecule has 5 heteroatoms. The zero-order chi connectivity index (χ0) is 7.78. The molecule has 0 spiro atoms. The SMILES string of the molecule is ClC1=NCC(Cl)(Cl)CC1Cl. The average Bonchev–Trinajstić information content (AvgIpc) is 1.79. The predicted molar refractivity (Wildman–Crippen MR) is 46.9 cm³/mol. The van der Waals surface area contributed by atoms with E-state index in [1.807, 2.05) is 0 Å². The fourth-order valence-electron chi connectivity index (χ4n) is 0.701. The van der Waals surface area contributed by atoms with Gasteiger partial charge in [0.25, 0.3) is 0 Å². The van der Waals surface area contributed by atoms with E-state index in [9.17, 15) is 0 Å². The third-order valence-corrected chi connectivity index (χ3v) is 2.60. The summed E-state index contributed by atoms with van der Waals surface area (Å²) in [6, 6.07) is 0. The van der Waals surface area contributed by atoms with Crippen LogP contribution in [0.1, 0.15) is 6.42 Å². The summed E-state index contributed by atoms with van der Waals surface area (Å²) in [5.74, 6) is 0. The molecule has 0 saturated heterocycles. The fourth-order valence-corrected chi connectivity index (χ4v) is 1.76. The molecule has 0 radical (unpaired) electrons. The molecule has 1 unspecified atom stereocenters. The van der Waals surface area contributed by atoms with Crippen LogP contribution < -0.4 is 0 Å². The maximum Gasteiger partial charge on any atom is 0.139 e. The molecule has 0 amide bonds. The number of alkyl halides is 3. The van der Waals surface area contributed by atoms with E-state index in [2.05, 4.69) is 4.99 Å². The Hall–Kier alpha value is 0.830. The molecule has 0 aliphatic carbocycles. The quantitative estimate of drug-likeness (QED) is 0.557. The molecule has 0 saturated carbocycles. The van der Waals surface area contributed by atoms with Gasteiger partial charge in [-0.1, -0.05) is 34.8 Å². The summed E-state index contributed by atoms with van der Waals surface area (Å²) in [5, 5.41) is 0.0732. The van der Waals surface area contributed by atoms with Crippen LogP contribution in [0.2, 0.25) is 0 Å². The molecule has 1 rings (SSSR count). The minimum Gasteiger partial charge on any atom is -0.273 e. The summed E-state index contributed by atoms with van der Waals surface area (Å²) in [7, 11) is 0. The zero-order valence-corrected chi connectivity index (χ0v) is 7.97. The molecule has 1 heterocycles. The third kappa shape index (κ3) is 2.16. The molecule has 0 aromatic heterocycles. The van der Waals surface area contributed by atoms with Crippen LogP contribution in [-0.4, -0.2) is 21.4 Å². The van der Waals surface area contributed by atoms with E-state index in [4.69, 9.17) is 46.4 Å². The van der Waals surface area contributed by atoms with Crippen LogP contribution in [-0.2, 0) is 0 Å². The Labute approximate surface area is 79.3 Å². The Kier molecular flexibility index (Phi) is 2.73. The van der Waals surface area contributed by atoms with E-state index in [1.54, 1.807) is 0 Å². The van der Waals surface area contributed by atoms with Crippen LogP contribution in [0.5, 0.6) is 0 Å². The summed E-state index contributed by atoms with van der Waals surface area (Å²) in [5.41, 5.74) is 0. The van der Waals surface area contributed by atoms with Crippen molar-refractivity contribution >= 4 is 51.6 Å². The van der Waals surface area contributed by atoms with Crippen molar-refractivity contribution in [2.24, 2.45) is 4.99 Å². The average molecular weight is 221 g/mol. The van der Waals surface area contributed by atoms with Crippen molar-refractivity contribution in [3.05, 3.63) is 0 Å². The van der Waals surface area contributed by atoms with Crippen LogP contribution >= 0.6 is 46.4 Å². The Morgan fingerprint density at radius 2 is 2.10 bits per heavy atom. The smallest absolute Gasteiger partial charge is 0.139 e. The van der Waals surface area contributed by atoms with Gasteiger partial charge in [0.15, 0.2) is 0 Å². The van der Waals surface area contributed by atoms with Crippen LogP contribution in [0.15, 0.2) is 4.99 Å². The first-order valence-corrected chi connectivity index (χ1v) is 4.30. The van der Waals surface area contributed by atoms with Crippen molar-refractivity contribution in [3.8, 4) is 0 Å². The summed E-state index contributed by atoms with van der Waals surface area (Å²) in [6.07, 6.45) is 0.458. The van der Waals surface area contributed by atoms with Crippen LogP contribution in [0.4, 0.5) is 0 Å². The first-order chi connectivity index (χ1) is 4.51. The summed E-state index contributed by atoms with van der Waals surface area (Å²) >= 11 is 22.8. The van der Waals surface area contributed by atoms with Crippen LogP contribution in [0.25, 0.3) is 0 Å². The molecule has 1 nitrogen and oxygen atoms in total. The minimum atomic E-state index is -0.829. The van der Waals surface area contributed by atoms with E-state index < -0.39 is 4.33 Å². The second-order valence-electron chi connectivity index (χ2n) is 2.17. The van der Waals surface area contributed by atoms with Gasteiger partial charge in [-0.15, -0.1) is 11.6 Å². The summed E-state index contributed by atoms with van der Waals surface area (Å²) in [6.45, 7) is 0.332. The lowest BCUT2D eigenvalue weighted by Gasteiger charge is -2.24. The highest BCUT2D eigenvalue weighted by Crippen LogP contribution is 2.33. The molecule has 1 atom stereocenters. The number of hydrogen-bond donors (Lipinski definition) is 0. The van der Waals surface area contributed by atoms with Crippen molar-refractivity contribution in [3.63, 3.8) is 0 Å². The molecule has 58 valence electrons. The van der Waals surface area contributed by atoms with E-state index in [0.29, 0.717) is 18.1 Å². The topological polar surface area (TPSA) is 12.4 Å².